The number of methoxy groups -OCH3 is 1. The number of Topliss-reactive ketones (excluding diaryl/α,β-unsaturated/α-hetero) is 1. The number of ketones is 1. The molecule has 0 aliphatic heterocycles. The van der Waals surface area contributed by atoms with Gasteiger partial charge in [0, 0.05) is 30.6 Å². The van der Waals surface area contributed by atoms with E-state index in [0.29, 0.717) is 6.42 Å². The molecular formula is C14H17NO2. The van der Waals surface area contributed by atoms with Gasteiger partial charge in [-0.25, -0.2) is 0 Å². The van der Waals surface area contributed by atoms with Gasteiger partial charge in [-0.3, -0.25) is 4.79 Å². The van der Waals surface area contributed by atoms with Gasteiger partial charge in [0.05, 0.1) is 12.6 Å². The Morgan fingerprint density at radius 1 is 1.41 bits per heavy atom. The van der Waals surface area contributed by atoms with Gasteiger partial charge in [0.2, 0.25) is 0 Å². The lowest BCUT2D eigenvalue weighted by atomic mass is 10.1. The number of fused-ring (bicyclic) bond motifs is 1. The minimum atomic E-state index is 0.191. The van der Waals surface area contributed by atoms with Crippen LogP contribution in [0.25, 0.3) is 10.9 Å². The average molecular weight is 231 g/mol. The van der Waals surface area contributed by atoms with E-state index >= 15 is 0 Å². The lowest BCUT2D eigenvalue weighted by Gasteiger charge is -2.01. The number of carbonyl (C=O) groups is 1. The number of carbonyl (C=O) groups excluding carboxylic acids is 1. The number of nitrogens with zero attached hydrogens (tertiary/aromatic N) is 1. The maximum absolute atomic E-state index is 11.3. The second-order valence-corrected chi connectivity index (χ2v) is 4.38. The molecule has 3 heteroatoms. The Morgan fingerprint density at radius 2 is 2.12 bits per heavy atom. The zero-order chi connectivity index (χ0) is 12.6. The van der Waals surface area contributed by atoms with Crippen molar-refractivity contribution in [2.75, 3.05) is 7.11 Å². The largest absolute Gasteiger partial charge is 0.497 e. The first-order valence-corrected chi connectivity index (χ1v) is 5.66. The minimum Gasteiger partial charge on any atom is -0.497 e. The lowest BCUT2D eigenvalue weighted by molar-refractivity contribution is -0.116. The van der Waals surface area contributed by atoms with Gasteiger partial charge < -0.3 is 9.30 Å². The average Bonchev–Trinajstić information content (AvgIpc) is 2.54. The Bertz CT molecular complexity index is 581. The van der Waals surface area contributed by atoms with Crippen molar-refractivity contribution < 1.29 is 9.53 Å². The number of hydrogen-bond acceptors (Lipinski definition) is 2. The number of hydrogen-bond donors (Lipinski definition) is 0. The predicted octanol–water partition coefficient (Wildman–Crippen LogP) is 2.63. The van der Waals surface area contributed by atoms with Crippen molar-refractivity contribution in [3.05, 3.63) is 29.5 Å². The summed E-state index contributed by atoms with van der Waals surface area (Å²) in [7, 11) is 3.67. The first-order chi connectivity index (χ1) is 8.04. The summed E-state index contributed by atoms with van der Waals surface area (Å²) in [5, 5.41) is 1.14. The summed E-state index contributed by atoms with van der Waals surface area (Å²) in [4.78, 5) is 11.3. The van der Waals surface area contributed by atoms with Crippen molar-refractivity contribution in [3.8, 4) is 5.75 Å². The number of ether oxygens (including phenoxy) is 1. The van der Waals surface area contributed by atoms with Gasteiger partial charge in [0.1, 0.15) is 11.5 Å². The molecule has 2 aromatic rings. The summed E-state index contributed by atoms with van der Waals surface area (Å²) < 4.78 is 7.33. The summed E-state index contributed by atoms with van der Waals surface area (Å²) in [6, 6.07) is 5.97. The standard InChI is InChI=1S/C14H17NO2/c1-9(16)7-13-10(2)15(3)14-8-11(17-4)5-6-12(13)14/h5-6,8H,7H2,1-4H3. The molecule has 2 rings (SSSR count). The van der Waals surface area contributed by atoms with Crippen molar-refractivity contribution in [3.63, 3.8) is 0 Å². The fourth-order valence-corrected chi connectivity index (χ4v) is 2.22. The monoisotopic (exact) mass is 231 g/mol. The fraction of sp³-hybridized carbons (Fsp3) is 0.357. The molecule has 0 fully saturated rings. The number of rotatable bonds is 3. The number of aromatic nitrogens is 1. The molecule has 0 unspecified atom stereocenters. The fourth-order valence-electron chi connectivity index (χ4n) is 2.22. The van der Waals surface area contributed by atoms with Crippen molar-refractivity contribution in [2.45, 2.75) is 20.3 Å². The van der Waals surface area contributed by atoms with Crippen LogP contribution in [0, 0.1) is 6.92 Å². The van der Waals surface area contributed by atoms with Gasteiger partial charge in [-0.15, -0.1) is 0 Å². The predicted molar refractivity (Wildman–Crippen MR) is 68.6 cm³/mol. The third-order valence-electron chi connectivity index (χ3n) is 3.26. The molecule has 90 valence electrons. The highest BCUT2D eigenvalue weighted by Crippen LogP contribution is 2.28. The van der Waals surface area contributed by atoms with Crippen LogP contribution in [0.1, 0.15) is 18.2 Å². The maximum atomic E-state index is 11.3. The van der Waals surface area contributed by atoms with Crippen LogP contribution < -0.4 is 4.74 Å². The zero-order valence-corrected chi connectivity index (χ0v) is 10.7. The second kappa shape index (κ2) is 4.24. The Kier molecular flexibility index (Phi) is 2.92. The van der Waals surface area contributed by atoms with Crippen LogP contribution in [0.2, 0.25) is 0 Å². The first kappa shape index (κ1) is 11.7. The molecule has 1 aromatic heterocycles. The van der Waals surface area contributed by atoms with E-state index < -0.39 is 0 Å². The number of aryl methyl sites for hydroxylation is 1. The van der Waals surface area contributed by atoms with E-state index in [0.717, 1.165) is 27.9 Å². The maximum Gasteiger partial charge on any atom is 0.134 e. The molecular weight excluding hydrogens is 214 g/mol. The number of benzene rings is 1. The van der Waals surface area contributed by atoms with E-state index in [-0.39, 0.29) is 5.78 Å². The van der Waals surface area contributed by atoms with Crippen LogP contribution in [0.4, 0.5) is 0 Å². The third kappa shape index (κ3) is 1.93. The molecule has 1 heterocycles. The van der Waals surface area contributed by atoms with E-state index in [1.54, 1.807) is 14.0 Å². The van der Waals surface area contributed by atoms with Gasteiger partial charge >= 0.3 is 0 Å². The minimum absolute atomic E-state index is 0.191. The molecule has 0 aliphatic rings. The Balaban J connectivity index is 2.68. The van der Waals surface area contributed by atoms with E-state index in [2.05, 4.69) is 4.57 Å². The van der Waals surface area contributed by atoms with Crippen LogP contribution in [0.3, 0.4) is 0 Å². The first-order valence-electron chi connectivity index (χ1n) is 5.66. The van der Waals surface area contributed by atoms with Crippen molar-refractivity contribution in [2.24, 2.45) is 7.05 Å². The van der Waals surface area contributed by atoms with Crippen LogP contribution in [0.15, 0.2) is 18.2 Å². The molecule has 0 spiro atoms. The van der Waals surface area contributed by atoms with Gasteiger partial charge in [0.15, 0.2) is 0 Å². The summed E-state index contributed by atoms with van der Waals surface area (Å²) >= 11 is 0. The Labute approximate surface area is 101 Å². The molecule has 0 saturated heterocycles. The summed E-state index contributed by atoms with van der Waals surface area (Å²) in [6.07, 6.45) is 0.496. The summed E-state index contributed by atoms with van der Waals surface area (Å²) in [6.45, 7) is 3.67. The van der Waals surface area contributed by atoms with E-state index in [4.69, 9.17) is 4.74 Å². The third-order valence-corrected chi connectivity index (χ3v) is 3.26. The topological polar surface area (TPSA) is 31.2 Å². The zero-order valence-electron chi connectivity index (χ0n) is 10.7. The van der Waals surface area contributed by atoms with Crippen LogP contribution in [0.5, 0.6) is 5.75 Å². The summed E-state index contributed by atoms with van der Waals surface area (Å²) in [5.74, 6) is 1.03. The summed E-state index contributed by atoms with van der Waals surface area (Å²) in [5.41, 5.74) is 3.37. The molecule has 17 heavy (non-hydrogen) atoms. The van der Waals surface area contributed by atoms with Crippen molar-refractivity contribution >= 4 is 16.7 Å². The molecule has 0 N–H and O–H groups in total. The lowest BCUT2D eigenvalue weighted by Crippen LogP contribution is -1.98. The van der Waals surface area contributed by atoms with Gasteiger partial charge in [-0.2, -0.15) is 0 Å². The molecule has 0 radical (unpaired) electrons. The van der Waals surface area contributed by atoms with Gasteiger partial charge in [-0.1, -0.05) is 0 Å². The van der Waals surface area contributed by atoms with Crippen LogP contribution in [-0.2, 0) is 18.3 Å². The van der Waals surface area contributed by atoms with Gasteiger partial charge in [0.25, 0.3) is 0 Å². The molecule has 0 aliphatic carbocycles. The highest BCUT2D eigenvalue weighted by atomic mass is 16.5. The van der Waals surface area contributed by atoms with E-state index in [1.165, 1.54) is 0 Å². The molecule has 0 atom stereocenters. The molecule has 0 amide bonds. The van der Waals surface area contributed by atoms with Gasteiger partial charge in [-0.05, 0) is 31.5 Å². The molecule has 0 bridgehead atoms. The smallest absolute Gasteiger partial charge is 0.134 e. The molecule has 0 saturated carbocycles. The SMILES string of the molecule is COc1ccc2c(CC(C)=O)c(C)n(C)c2c1. The highest BCUT2D eigenvalue weighted by Gasteiger charge is 2.13. The molecule has 1 aromatic carbocycles. The quantitative estimate of drug-likeness (QED) is 0.813. The highest BCUT2D eigenvalue weighted by molar-refractivity contribution is 5.91. The second-order valence-electron chi connectivity index (χ2n) is 4.38. The Hall–Kier alpha value is -1.77. The normalized spacial score (nSPS) is 10.8. The van der Waals surface area contributed by atoms with Crippen molar-refractivity contribution in [1.82, 2.24) is 4.57 Å². The van der Waals surface area contributed by atoms with Crippen LogP contribution in [-0.4, -0.2) is 17.5 Å². The van der Waals surface area contributed by atoms with Crippen molar-refractivity contribution in [1.29, 1.82) is 0 Å². The van der Waals surface area contributed by atoms with E-state index in [1.807, 2.05) is 32.2 Å². The Morgan fingerprint density at radius 3 is 2.71 bits per heavy atom. The van der Waals surface area contributed by atoms with E-state index in [9.17, 15) is 4.79 Å². The molecule has 3 nitrogen and oxygen atoms in total. The van der Waals surface area contributed by atoms with Crippen LogP contribution >= 0.6 is 0 Å².